The number of anilines is 3. The molecule has 4 atom stereocenters. The summed E-state index contributed by atoms with van der Waals surface area (Å²) >= 11 is 0. The highest BCUT2D eigenvalue weighted by atomic mass is 16.6. The van der Waals surface area contributed by atoms with Gasteiger partial charge in [0, 0.05) is 75.4 Å². The summed E-state index contributed by atoms with van der Waals surface area (Å²) in [7, 11) is 5.55. The second kappa shape index (κ2) is 28.9. The van der Waals surface area contributed by atoms with E-state index in [1.165, 1.54) is 12.0 Å². The van der Waals surface area contributed by atoms with Crippen LogP contribution in [0.4, 0.5) is 17.2 Å². The molecule has 1 aromatic heterocycles. The van der Waals surface area contributed by atoms with Gasteiger partial charge in [0.1, 0.15) is 42.3 Å². The van der Waals surface area contributed by atoms with Gasteiger partial charge in [0.15, 0.2) is 0 Å². The Morgan fingerprint density at radius 1 is 0.776 bits per heavy atom. The zero-order chi connectivity index (χ0) is 53.1. The number of nitriles is 1. The molecular weight excluding hydrogens is 963 g/mol. The first-order chi connectivity index (χ1) is 37.2. The number of ether oxygens (including phenoxy) is 6. The van der Waals surface area contributed by atoms with Gasteiger partial charge in [0.05, 0.1) is 70.1 Å². The van der Waals surface area contributed by atoms with Gasteiger partial charge >= 0.3 is 0 Å². The third kappa shape index (κ3) is 15.8. The fraction of sp³-hybridized carbons (Fsp3) is 0.559. The molecule has 4 aromatic rings. The van der Waals surface area contributed by atoms with Crippen LogP contribution in [0.25, 0.3) is 11.1 Å². The Hall–Kier alpha value is -6.00. The highest BCUT2D eigenvalue weighted by Gasteiger charge is 2.44. The molecule has 4 aliphatic rings. The SMILES string of the molecule is CNC(C)C(=O)N[C@H](C(=O)N1CCC2CCN(CCc3ccc(OCCOCCOCCOCCOc4cc(Nc5cc(-c6cc(C#N)ccc6OC)ccn5)ccc4N4CCN(C)CC4)cc3)CC21)C1CCCCC1. The first-order valence-corrected chi connectivity index (χ1v) is 27.7. The van der Waals surface area contributed by atoms with Crippen molar-refractivity contribution in [2.75, 3.05) is 137 Å². The van der Waals surface area contributed by atoms with E-state index in [1.54, 1.807) is 32.5 Å². The van der Waals surface area contributed by atoms with Crippen LogP contribution >= 0.6 is 0 Å². The maximum absolute atomic E-state index is 14.3. The van der Waals surface area contributed by atoms with Gasteiger partial charge in [-0.2, -0.15) is 5.26 Å². The number of piperazine rings is 1. The van der Waals surface area contributed by atoms with E-state index in [9.17, 15) is 14.9 Å². The van der Waals surface area contributed by atoms with Crippen molar-refractivity contribution in [3.8, 4) is 34.4 Å². The molecule has 0 spiro atoms. The molecule has 3 aliphatic heterocycles. The number of carbonyl (C=O) groups excluding carboxylic acids is 2. The van der Waals surface area contributed by atoms with E-state index in [0.29, 0.717) is 75.9 Å². The van der Waals surface area contributed by atoms with E-state index in [4.69, 9.17) is 28.4 Å². The summed E-state index contributed by atoms with van der Waals surface area (Å²) < 4.78 is 35.3. The van der Waals surface area contributed by atoms with Crippen LogP contribution in [0.2, 0.25) is 0 Å². The Morgan fingerprint density at radius 2 is 1.49 bits per heavy atom. The fourth-order valence-corrected chi connectivity index (χ4v) is 11.0. The van der Waals surface area contributed by atoms with Crippen LogP contribution in [0.5, 0.6) is 17.2 Å². The summed E-state index contributed by atoms with van der Waals surface area (Å²) in [6, 6.07) is 25.3. The maximum Gasteiger partial charge on any atom is 0.245 e. The van der Waals surface area contributed by atoms with Crippen molar-refractivity contribution >= 4 is 29.0 Å². The number of rotatable bonds is 27. The third-order valence-electron chi connectivity index (χ3n) is 15.6. The van der Waals surface area contributed by atoms with Crippen molar-refractivity contribution < 1.29 is 38.0 Å². The zero-order valence-electron chi connectivity index (χ0n) is 45.3. The van der Waals surface area contributed by atoms with Crippen molar-refractivity contribution in [1.29, 1.82) is 5.26 Å². The number of methoxy groups -OCH3 is 1. The highest BCUT2D eigenvalue weighted by molar-refractivity contribution is 5.90. The average Bonchev–Trinajstić information content (AvgIpc) is 3.89. The fourth-order valence-electron chi connectivity index (χ4n) is 11.0. The summed E-state index contributed by atoms with van der Waals surface area (Å²) in [5.74, 6) is 3.68. The number of pyridine rings is 1. The predicted molar refractivity (Wildman–Crippen MR) is 296 cm³/mol. The summed E-state index contributed by atoms with van der Waals surface area (Å²) in [5.41, 5.74) is 5.38. The lowest BCUT2D eigenvalue weighted by Crippen LogP contribution is -2.58. The first-order valence-electron chi connectivity index (χ1n) is 27.7. The average molecular weight is 1040 g/mol. The lowest BCUT2D eigenvalue weighted by molar-refractivity contribution is -0.140. The number of carbonyl (C=O) groups is 2. The number of aromatic nitrogens is 1. The minimum Gasteiger partial charge on any atom is -0.496 e. The lowest BCUT2D eigenvalue weighted by atomic mass is 9.83. The van der Waals surface area contributed by atoms with Crippen LogP contribution in [0.15, 0.2) is 79.0 Å². The summed E-state index contributed by atoms with van der Waals surface area (Å²) in [5, 5.41) is 19.2. The Bertz CT molecular complexity index is 2500. The molecule has 410 valence electrons. The third-order valence-corrected chi connectivity index (χ3v) is 15.6. The largest absolute Gasteiger partial charge is 0.496 e. The Kier molecular flexibility index (Phi) is 21.4. The lowest BCUT2D eigenvalue weighted by Gasteiger charge is -2.41. The van der Waals surface area contributed by atoms with Gasteiger partial charge in [0.25, 0.3) is 0 Å². The van der Waals surface area contributed by atoms with Crippen molar-refractivity contribution in [2.45, 2.75) is 76.4 Å². The van der Waals surface area contributed by atoms with Gasteiger partial charge < -0.3 is 64.0 Å². The number of fused-ring (bicyclic) bond motifs is 1. The number of nitrogens with one attached hydrogen (secondary N) is 3. The number of piperidine rings is 1. The van der Waals surface area contributed by atoms with Crippen molar-refractivity contribution in [3.05, 3.63) is 90.1 Å². The topological polar surface area (TPSA) is 175 Å². The number of nitrogens with zero attached hydrogens (tertiary/aromatic N) is 6. The molecule has 1 saturated carbocycles. The monoisotopic (exact) mass is 1040 g/mol. The van der Waals surface area contributed by atoms with Crippen LogP contribution < -0.4 is 35.1 Å². The predicted octanol–water partition coefficient (Wildman–Crippen LogP) is 6.77. The van der Waals surface area contributed by atoms with Crippen molar-refractivity contribution in [3.63, 3.8) is 0 Å². The molecule has 8 rings (SSSR count). The van der Waals surface area contributed by atoms with Crippen LogP contribution in [-0.2, 0) is 30.2 Å². The second-order valence-corrected chi connectivity index (χ2v) is 20.6. The molecule has 2 amide bonds. The zero-order valence-corrected chi connectivity index (χ0v) is 45.3. The number of likely N-dealkylation sites (tertiary alicyclic amines) is 2. The van der Waals surface area contributed by atoms with E-state index in [1.807, 2.05) is 49.4 Å². The Morgan fingerprint density at radius 3 is 2.20 bits per heavy atom. The molecule has 1 aliphatic carbocycles. The molecule has 4 fully saturated rings. The molecule has 4 heterocycles. The Labute approximate surface area is 450 Å². The van der Waals surface area contributed by atoms with E-state index < -0.39 is 6.04 Å². The van der Waals surface area contributed by atoms with Gasteiger partial charge in [-0.15, -0.1) is 0 Å². The minimum atomic E-state index is -0.441. The van der Waals surface area contributed by atoms with E-state index >= 15 is 0 Å². The molecule has 0 bridgehead atoms. The Balaban J connectivity index is 0.695. The van der Waals surface area contributed by atoms with Crippen LogP contribution in [0.1, 0.15) is 63.0 Å². The molecule has 3 unspecified atom stereocenters. The van der Waals surface area contributed by atoms with E-state index in [2.05, 4.69) is 71.8 Å². The molecule has 3 saturated heterocycles. The summed E-state index contributed by atoms with van der Waals surface area (Å²) in [6.07, 6.45) is 10.3. The van der Waals surface area contributed by atoms with Crippen LogP contribution in [0, 0.1) is 23.2 Å². The second-order valence-electron chi connectivity index (χ2n) is 20.6. The minimum absolute atomic E-state index is 0.0933. The number of likely N-dealkylation sites (N-methyl/N-ethyl adjacent to an activating group) is 2. The molecular formula is C59H81N9O8. The first kappa shape index (κ1) is 56.2. The van der Waals surface area contributed by atoms with Gasteiger partial charge in [-0.25, -0.2) is 4.98 Å². The standard InChI is InChI=1S/C59H81N9O8/c1-43(61-2)58(69)64-57(47-8-6-5-7-9-47)59(70)68-25-21-46-20-24-66(42-53(46)68)23-19-44-10-14-50(15-11-44)75-36-34-73-32-30-72-31-33-74-35-37-76-55-40-49(13-16-52(55)67-28-26-65(3)27-29-67)63-56-39-48(18-22-62-56)51-38-45(41-60)12-17-54(51)71-4/h10-18,22,38-40,43,46-47,53,57,61H,5-9,19-21,23-37,42H2,1-4H3,(H,62,63)(H,64,69)/t43?,46?,53?,57-/m0/s1. The van der Waals surface area contributed by atoms with E-state index in [0.717, 1.165) is 131 Å². The maximum atomic E-state index is 14.3. The molecule has 17 nitrogen and oxygen atoms in total. The molecule has 17 heteroatoms. The van der Waals surface area contributed by atoms with Crippen LogP contribution in [0.3, 0.4) is 0 Å². The van der Waals surface area contributed by atoms with Crippen molar-refractivity contribution in [2.24, 2.45) is 11.8 Å². The molecule has 0 radical (unpaired) electrons. The molecule has 3 N–H and O–H groups in total. The number of amides is 2. The summed E-state index contributed by atoms with van der Waals surface area (Å²) in [4.78, 5) is 41.2. The number of hydrogen-bond acceptors (Lipinski definition) is 15. The van der Waals surface area contributed by atoms with Gasteiger partial charge in [-0.1, -0.05) is 31.4 Å². The van der Waals surface area contributed by atoms with E-state index in [-0.39, 0.29) is 29.8 Å². The van der Waals surface area contributed by atoms with Gasteiger partial charge in [-0.05, 0) is 137 Å². The number of benzene rings is 3. The normalized spacial score (nSPS) is 19.1. The van der Waals surface area contributed by atoms with Crippen LogP contribution in [-0.4, -0.2) is 176 Å². The molecule has 3 aromatic carbocycles. The molecule has 76 heavy (non-hydrogen) atoms. The summed E-state index contributed by atoms with van der Waals surface area (Å²) in [6.45, 7) is 12.8. The highest BCUT2D eigenvalue weighted by Crippen LogP contribution is 2.37. The smallest absolute Gasteiger partial charge is 0.245 e. The number of hydrogen-bond donors (Lipinski definition) is 3. The van der Waals surface area contributed by atoms with Gasteiger partial charge in [0.2, 0.25) is 11.8 Å². The quantitative estimate of drug-likeness (QED) is 0.0534. The van der Waals surface area contributed by atoms with Gasteiger partial charge in [-0.3, -0.25) is 9.59 Å². The van der Waals surface area contributed by atoms with Crippen molar-refractivity contribution in [1.82, 2.24) is 30.3 Å².